The van der Waals surface area contributed by atoms with Crippen LogP contribution < -0.4 is 0 Å². The Hall–Kier alpha value is -0.610. The Morgan fingerprint density at radius 2 is 1.75 bits per heavy atom. The van der Waals surface area contributed by atoms with Gasteiger partial charge in [0.15, 0.2) is 0 Å². The lowest BCUT2D eigenvalue weighted by molar-refractivity contribution is -0.151. The van der Waals surface area contributed by atoms with Crippen molar-refractivity contribution in [3.8, 4) is 0 Å². The van der Waals surface area contributed by atoms with Gasteiger partial charge in [0.05, 0.1) is 18.6 Å². The Bertz CT molecular complexity index is 207. The van der Waals surface area contributed by atoms with Gasteiger partial charge in [-0.15, -0.1) is 0 Å². The van der Waals surface area contributed by atoms with E-state index in [1.807, 2.05) is 0 Å². The first-order chi connectivity index (χ1) is 7.71. The van der Waals surface area contributed by atoms with Gasteiger partial charge in [0.25, 0.3) is 0 Å². The van der Waals surface area contributed by atoms with Gasteiger partial charge < -0.3 is 14.9 Å². The summed E-state index contributed by atoms with van der Waals surface area (Å²) in [4.78, 5) is 11.4. The maximum absolute atomic E-state index is 11.4. The maximum atomic E-state index is 11.4. The van der Waals surface area contributed by atoms with E-state index >= 15 is 0 Å². The minimum absolute atomic E-state index is 0.0000709. The van der Waals surface area contributed by atoms with Crippen molar-refractivity contribution in [2.45, 2.75) is 44.9 Å². The van der Waals surface area contributed by atoms with Crippen molar-refractivity contribution in [3.63, 3.8) is 0 Å². The average molecular weight is 230 g/mol. The third-order valence-corrected chi connectivity index (χ3v) is 3.47. The third-order valence-electron chi connectivity index (χ3n) is 3.47. The molecule has 0 spiro atoms. The summed E-state index contributed by atoms with van der Waals surface area (Å²) in [5, 5.41) is 17.9. The predicted molar refractivity (Wildman–Crippen MR) is 60.3 cm³/mol. The smallest absolute Gasteiger partial charge is 0.309 e. The fraction of sp³-hybridized carbons (Fsp3) is 0.917. The lowest BCUT2D eigenvalue weighted by atomic mass is 9.78. The van der Waals surface area contributed by atoms with E-state index in [1.165, 1.54) is 0 Å². The van der Waals surface area contributed by atoms with Gasteiger partial charge >= 0.3 is 5.97 Å². The molecule has 4 nitrogen and oxygen atoms in total. The van der Waals surface area contributed by atoms with Crippen molar-refractivity contribution in [2.24, 2.45) is 5.41 Å². The molecule has 0 radical (unpaired) electrons. The minimum Gasteiger partial charge on any atom is -0.481 e. The molecular weight excluding hydrogens is 208 g/mol. The van der Waals surface area contributed by atoms with Gasteiger partial charge in [-0.3, -0.25) is 4.79 Å². The molecule has 4 heteroatoms. The number of aliphatic hydroxyl groups excluding tert-OH is 1. The van der Waals surface area contributed by atoms with E-state index in [1.54, 1.807) is 0 Å². The lowest BCUT2D eigenvalue weighted by Crippen LogP contribution is -2.32. The van der Waals surface area contributed by atoms with Crippen LogP contribution in [-0.4, -0.2) is 36.0 Å². The topological polar surface area (TPSA) is 66.8 Å². The summed E-state index contributed by atoms with van der Waals surface area (Å²) in [6.07, 6.45) is 6.41. The largest absolute Gasteiger partial charge is 0.481 e. The summed E-state index contributed by atoms with van der Waals surface area (Å²) in [6, 6.07) is 0. The molecule has 94 valence electrons. The minimum atomic E-state index is -0.679. The molecule has 0 aliphatic heterocycles. The number of hydrogen-bond acceptors (Lipinski definition) is 3. The van der Waals surface area contributed by atoms with Crippen molar-refractivity contribution in [2.75, 3.05) is 19.8 Å². The number of carboxylic acids is 1. The molecule has 0 amide bonds. The van der Waals surface area contributed by atoms with Gasteiger partial charge in [0, 0.05) is 6.61 Å². The molecule has 1 saturated carbocycles. The summed E-state index contributed by atoms with van der Waals surface area (Å²) in [5.41, 5.74) is -0.577. The zero-order valence-corrected chi connectivity index (χ0v) is 9.78. The fourth-order valence-corrected chi connectivity index (χ4v) is 2.41. The second-order valence-electron chi connectivity index (χ2n) is 4.59. The van der Waals surface area contributed by atoms with E-state index in [9.17, 15) is 9.90 Å². The predicted octanol–water partition coefficient (Wildman–Crippen LogP) is 1.81. The van der Waals surface area contributed by atoms with E-state index in [2.05, 4.69) is 0 Å². The first-order valence-electron chi connectivity index (χ1n) is 6.13. The molecule has 16 heavy (non-hydrogen) atoms. The van der Waals surface area contributed by atoms with Crippen LogP contribution in [0, 0.1) is 5.41 Å². The normalized spacial score (nSPS) is 20.3. The lowest BCUT2D eigenvalue weighted by Gasteiger charge is -2.27. The van der Waals surface area contributed by atoms with Crippen molar-refractivity contribution >= 4 is 5.97 Å². The number of carboxylic acid groups (broad SMARTS) is 1. The van der Waals surface area contributed by atoms with E-state index < -0.39 is 11.4 Å². The third kappa shape index (κ3) is 3.76. The molecule has 1 aliphatic carbocycles. The zero-order chi connectivity index (χ0) is 11.9. The second-order valence-corrected chi connectivity index (χ2v) is 4.59. The highest BCUT2D eigenvalue weighted by Gasteiger charge is 2.38. The van der Waals surface area contributed by atoms with Crippen LogP contribution >= 0.6 is 0 Å². The zero-order valence-electron chi connectivity index (χ0n) is 9.78. The van der Waals surface area contributed by atoms with E-state index in [0.717, 1.165) is 38.5 Å². The SMILES string of the molecule is O=C(O)C1(CCOCCO)CCCCCC1. The Kier molecular flexibility index (Phi) is 5.77. The number of carbonyl (C=O) groups is 1. The van der Waals surface area contributed by atoms with Crippen LogP contribution in [0.2, 0.25) is 0 Å². The summed E-state index contributed by atoms with van der Waals surface area (Å²) in [6.45, 7) is 0.739. The average Bonchev–Trinajstić information content (AvgIpc) is 2.51. The molecule has 1 aliphatic rings. The molecule has 1 fully saturated rings. The molecule has 0 heterocycles. The fourth-order valence-electron chi connectivity index (χ4n) is 2.41. The van der Waals surface area contributed by atoms with Crippen LogP contribution in [0.15, 0.2) is 0 Å². The van der Waals surface area contributed by atoms with Crippen LogP contribution in [0.1, 0.15) is 44.9 Å². The van der Waals surface area contributed by atoms with Crippen molar-refractivity contribution in [1.82, 2.24) is 0 Å². The number of ether oxygens (including phenoxy) is 1. The number of rotatable bonds is 6. The summed E-state index contributed by atoms with van der Waals surface area (Å²) < 4.78 is 5.19. The van der Waals surface area contributed by atoms with Crippen LogP contribution in [-0.2, 0) is 9.53 Å². The molecule has 0 atom stereocenters. The molecule has 0 aromatic rings. The molecule has 2 N–H and O–H groups in total. The van der Waals surface area contributed by atoms with Gasteiger partial charge in [-0.2, -0.15) is 0 Å². The Balaban J connectivity index is 2.46. The standard InChI is InChI=1S/C12H22O4/c13-8-10-16-9-7-12(11(14)15)5-3-1-2-4-6-12/h13H,1-10H2,(H,14,15). The first kappa shape index (κ1) is 13.5. The molecule has 1 rings (SSSR count). The number of hydrogen-bond donors (Lipinski definition) is 2. The van der Waals surface area contributed by atoms with E-state index in [4.69, 9.17) is 9.84 Å². The highest BCUT2D eigenvalue weighted by molar-refractivity contribution is 5.74. The van der Waals surface area contributed by atoms with Gasteiger partial charge in [0.2, 0.25) is 0 Å². The second kappa shape index (κ2) is 6.86. The van der Waals surface area contributed by atoms with Crippen LogP contribution in [0.25, 0.3) is 0 Å². The molecule has 0 saturated heterocycles. The quantitative estimate of drug-likeness (QED) is 0.539. The maximum Gasteiger partial charge on any atom is 0.309 e. The van der Waals surface area contributed by atoms with Gasteiger partial charge in [0.1, 0.15) is 0 Å². The van der Waals surface area contributed by atoms with Gasteiger partial charge in [-0.25, -0.2) is 0 Å². The Morgan fingerprint density at radius 1 is 1.12 bits per heavy atom. The van der Waals surface area contributed by atoms with Crippen LogP contribution in [0.3, 0.4) is 0 Å². The summed E-state index contributed by atoms with van der Waals surface area (Å²) in [7, 11) is 0. The van der Waals surface area contributed by atoms with Crippen LogP contribution in [0.4, 0.5) is 0 Å². The number of aliphatic carboxylic acids is 1. The first-order valence-corrected chi connectivity index (χ1v) is 6.13. The molecule has 0 aromatic heterocycles. The summed E-state index contributed by atoms with van der Waals surface area (Å²) in [5.74, 6) is -0.679. The molecule has 0 unspecified atom stereocenters. The van der Waals surface area contributed by atoms with Gasteiger partial charge in [-0.05, 0) is 19.3 Å². The van der Waals surface area contributed by atoms with Crippen molar-refractivity contribution < 1.29 is 19.7 Å². The molecule has 0 aromatic carbocycles. The molecule has 0 bridgehead atoms. The Morgan fingerprint density at radius 3 is 2.25 bits per heavy atom. The highest BCUT2D eigenvalue weighted by Crippen LogP contribution is 2.38. The van der Waals surface area contributed by atoms with Crippen molar-refractivity contribution in [3.05, 3.63) is 0 Å². The monoisotopic (exact) mass is 230 g/mol. The number of aliphatic hydroxyl groups is 1. The van der Waals surface area contributed by atoms with E-state index in [-0.39, 0.29) is 6.61 Å². The van der Waals surface area contributed by atoms with Crippen LogP contribution in [0.5, 0.6) is 0 Å². The Labute approximate surface area is 96.6 Å². The van der Waals surface area contributed by atoms with Gasteiger partial charge in [-0.1, -0.05) is 25.7 Å². The van der Waals surface area contributed by atoms with Crippen molar-refractivity contribution in [1.29, 1.82) is 0 Å². The summed E-state index contributed by atoms with van der Waals surface area (Å²) >= 11 is 0. The van der Waals surface area contributed by atoms with E-state index in [0.29, 0.717) is 19.6 Å². The molecular formula is C12H22O4. The highest BCUT2D eigenvalue weighted by atomic mass is 16.5.